The van der Waals surface area contributed by atoms with Gasteiger partial charge in [0.2, 0.25) is 0 Å². The molecule has 1 spiro atoms. The van der Waals surface area contributed by atoms with Crippen LogP contribution >= 0.6 is 0 Å². The molecule has 4 aliphatic carbocycles. The second-order valence-corrected chi connectivity index (χ2v) is 7.02. The number of likely N-dealkylation sites (tertiary alicyclic amines) is 1. The first-order chi connectivity index (χ1) is 8.74. The van der Waals surface area contributed by atoms with Crippen molar-refractivity contribution in [3.05, 3.63) is 12.2 Å². The lowest BCUT2D eigenvalue weighted by molar-refractivity contribution is 0.122. The number of amides is 1. The van der Waals surface area contributed by atoms with E-state index in [1.165, 1.54) is 26.4 Å². The topological polar surface area (TPSA) is 29.5 Å². The highest BCUT2D eigenvalue weighted by molar-refractivity contribution is 5.69. The van der Waals surface area contributed by atoms with E-state index in [4.69, 9.17) is 4.74 Å². The third-order valence-electron chi connectivity index (χ3n) is 6.97. The number of nitrogens with zero attached hydrogens (tertiary/aromatic N) is 1. The van der Waals surface area contributed by atoms with Crippen LogP contribution in [0, 0.1) is 34.5 Å². The maximum atomic E-state index is 11.9. The fourth-order valence-corrected chi connectivity index (χ4v) is 6.64. The Morgan fingerprint density at radius 3 is 3.11 bits per heavy atom. The molecule has 6 atom stereocenters. The normalized spacial score (nSPS) is 57.5. The Morgan fingerprint density at radius 2 is 2.28 bits per heavy atom. The van der Waals surface area contributed by atoms with Crippen molar-refractivity contribution in [2.75, 3.05) is 20.2 Å². The van der Waals surface area contributed by atoms with Crippen LogP contribution in [0.25, 0.3) is 0 Å². The third-order valence-corrected chi connectivity index (χ3v) is 6.97. The number of hydrogen-bond acceptors (Lipinski definition) is 2. The molecule has 96 valence electrons. The van der Waals surface area contributed by atoms with Crippen molar-refractivity contribution in [1.82, 2.24) is 4.90 Å². The van der Waals surface area contributed by atoms with E-state index >= 15 is 0 Å². The van der Waals surface area contributed by atoms with Crippen LogP contribution in [0.4, 0.5) is 4.79 Å². The minimum absolute atomic E-state index is 0.118. The van der Waals surface area contributed by atoms with Gasteiger partial charge in [-0.15, -0.1) is 0 Å². The predicted molar refractivity (Wildman–Crippen MR) is 65.8 cm³/mol. The van der Waals surface area contributed by atoms with Gasteiger partial charge < -0.3 is 9.64 Å². The summed E-state index contributed by atoms with van der Waals surface area (Å²) in [5.74, 6) is 3.49. The Bertz CT molecular complexity index is 487. The molecule has 5 rings (SSSR count). The minimum Gasteiger partial charge on any atom is -0.453 e. The first-order valence-corrected chi connectivity index (χ1v) is 7.27. The number of allylic oxidation sites excluding steroid dienone is 1. The summed E-state index contributed by atoms with van der Waals surface area (Å²) in [6.45, 7) is 1.87. The average molecular weight is 245 g/mol. The number of ether oxygens (including phenoxy) is 1. The molecule has 18 heavy (non-hydrogen) atoms. The van der Waals surface area contributed by atoms with E-state index in [1.54, 1.807) is 0 Å². The number of carbonyl (C=O) groups is 1. The maximum Gasteiger partial charge on any atom is 0.409 e. The van der Waals surface area contributed by atoms with E-state index < -0.39 is 0 Å². The number of methoxy groups -OCH3 is 1. The highest BCUT2D eigenvalue weighted by Crippen LogP contribution is 2.87. The Kier molecular flexibility index (Phi) is 1.45. The molecule has 1 heterocycles. The van der Waals surface area contributed by atoms with E-state index in [0.717, 1.165) is 36.8 Å². The van der Waals surface area contributed by atoms with Crippen molar-refractivity contribution in [2.45, 2.75) is 19.3 Å². The predicted octanol–water partition coefficient (Wildman–Crippen LogP) is 2.29. The summed E-state index contributed by atoms with van der Waals surface area (Å²) in [4.78, 5) is 13.8. The molecule has 3 nitrogen and oxygen atoms in total. The molecule has 1 unspecified atom stereocenters. The van der Waals surface area contributed by atoms with Crippen LogP contribution in [0.5, 0.6) is 0 Å². The second-order valence-electron chi connectivity index (χ2n) is 7.02. The van der Waals surface area contributed by atoms with Crippen molar-refractivity contribution in [1.29, 1.82) is 0 Å². The summed E-state index contributed by atoms with van der Waals surface area (Å²) < 4.78 is 4.94. The molecule has 3 heteroatoms. The number of fused-ring (bicyclic) bond motifs is 3. The summed E-state index contributed by atoms with van der Waals surface area (Å²) in [7, 11) is 1.50. The van der Waals surface area contributed by atoms with Gasteiger partial charge in [0, 0.05) is 23.9 Å². The second kappa shape index (κ2) is 2.63. The van der Waals surface area contributed by atoms with Crippen LogP contribution in [-0.4, -0.2) is 31.2 Å². The molecular formula is C15H19NO2. The van der Waals surface area contributed by atoms with E-state index in [-0.39, 0.29) is 6.09 Å². The molecule has 5 aliphatic rings. The molecule has 1 aliphatic heterocycles. The molecule has 0 bridgehead atoms. The van der Waals surface area contributed by atoms with Crippen LogP contribution < -0.4 is 0 Å². The van der Waals surface area contributed by atoms with Crippen LogP contribution in [-0.2, 0) is 4.74 Å². The Hall–Kier alpha value is -0.990. The van der Waals surface area contributed by atoms with Crippen molar-refractivity contribution in [3.8, 4) is 0 Å². The van der Waals surface area contributed by atoms with Gasteiger partial charge in [0.15, 0.2) is 0 Å². The monoisotopic (exact) mass is 245 g/mol. The fourth-order valence-electron chi connectivity index (χ4n) is 6.64. The van der Waals surface area contributed by atoms with Crippen LogP contribution in [0.3, 0.4) is 0 Å². The summed E-state index contributed by atoms with van der Waals surface area (Å²) in [6.07, 6.45) is 9.09. The molecule has 0 aromatic heterocycles. The van der Waals surface area contributed by atoms with Gasteiger partial charge >= 0.3 is 6.09 Å². The lowest BCUT2D eigenvalue weighted by Gasteiger charge is -2.33. The van der Waals surface area contributed by atoms with Gasteiger partial charge in [-0.05, 0) is 36.5 Å². The van der Waals surface area contributed by atoms with Crippen molar-refractivity contribution in [3.63, 3.8) is 0 Å². The van der Waals surface area contributed by atoms with E-state index in [9.17, 15) is 4.79 Å². The van der Waals surface area contributed by atoms with Crippen molar-refractivity contribution >= 4 is 6.09 Å². The Labute approximate surface area is 107 Å². The maximum absolute atomic E-state index is 11.9. The molecule has 0 aromatic carbocycles. The average Bonchev–Trinajstić information content (AvgIpc) is 2.79. The fraction of sp³-hybridized carbons (Fsp3) is 0.800. The Balaban J connectivity index is 1.60. The molecule has 0 aromatic rings. The summed E-state index contributed by atoms with van der Waals surface area (Å²) in [5, 5.41) is 0. The van der Waals surface area contributed by atoms with Crippen LogP contribution in [0.15, 0.2) is 12.2 Å². The molecule has 0 N–H and O–H groups in total. The van der Waals surface area contributed by atoms with Gasteiger partial charge in [-0.2, -0.15) is 0 Å². The molecule has 3 saturated carbocycles. The molecule has 4 fully saturated rings. The summed E-state index contributed by atoms with van der Waals surface area (Å²) in [6, 6.07) is 0. The standard InChI is InChI=1S/C15H19NO2/c1-18-13(17)16-7-14-6-5-11-12(15(11,14)8-16)9-3-2-4-10(9)14/h5-6,9-12H,2-4,7-8H2,1H3/t9-,10+,11?,12-,14+,15+/m1/s1. The number of carbonyl (C=O) groups excluding carboxylic acids is 1. The quantitative estimate of drug-likeness (QED) is 0.613. The zero-order chi connectivity index (χ0) is 12.1. The highest BCUT2D eigenvalue weighted by atomic mass is 16.5. The van der Waals surface area contributed by atoms with Gasteiger partial charge in [0.1, 0.15) is 0 Å². The van der Waals surface area contributed by atoms with Gasteiger partial charge in [-0.1, -0.05) is 18.6 Å². The zero-order valence-electron chi connectivity index (χ0n) is 10.8. The molecule has 0 radical (unpaired) electrons. The Morgan fingerprint density at radius 1 is 1.39 bits per heavy atom. The van der Waals surface area contributed by atoms with E-state index in [2.05, 4.69) is 12.2 Å². The molecular weight excluding hydrogens is 226 g/mol. The largest absolute Gasteiger partial charge is 0.453 e. The number of hydrogen-bond donors (Lipinski definition) is 0. The van der Waals surface area contributed by atoms with Gasteiger partial charge in [-0.25, -0.2) is 4.79 Å². The molecule has 1 saturated heterocycles. The highest BCUT2D eigenvalue weighted by Gasteiger charge is 2.87. The first-order valence-electron chi connectivity index (χ1n) is 7.27. The van der Waals surface area contributed by atoms with E-state index in [0.29, 0.717) is 10.8 Å². The summed E-state index contributed by atoms with van der Waals surface area (Å²) in [5.41, 5.74) is 0.772. The van der Waals surface area contributed by atoms with Crippen LogP contribution in [0.2, 0.25) is 0 Å². The lowest BCUT2D eigenvalue weighted by Crippen LogP contribution is -2.35. The van der Waals surface area contributed by atoms with Gasteiger partial charge in [-0.3, -0.25) is 0 Å². The summed E-state index contributed by atoms with van der Waals surface area (Å²) >= 11 is 0. The van der Waals surface area contributed by atoms with E-state index in [1.807, 2.05) is 4.90 Å². The number of rotatable bonds is 0. The lowest BCUT2D eigenvalue weighted by atomic mass is 9.70. The third kappa shape index (κ3) is 0.719. The minimum atomic E-state index is -0.118. The van der Waals surface area contributed by atoms with Crippen molar-refractivity contribution < 1.29 is 9.53 Å². The molecule has 1 amide bonds. The van der Waals surface area contributed by atoms with Gasteiger partial charge in [0.25, 0.3) is 0 Å². The van der Waals surface area contributed by atoms with Crippen molar-refractivity contribution in [2.24, 2.45) is 34.5 Å². The zero-order valence-corrected chi connectivity index (χ0v) is 10.8. The smallest absolute Gasteiger partial charge is 0.409 e. The SMILES string of the molecule is COC(=O)N1C[C@@]23C=CC4[C@@H]([C@@H]5CCC[C@@H]52)[C@]43C1. The first kappa shape index (κ1) is 9.88. The van der Waals surface area contributed by atoms with Gasteiger partial charge in [0.05, 0.1) is 7.11 Å². The van der Waals surface area contributed by atoms with Crippen LogP contribution in [0.1, 0.15) is 19.3 Å².